The number of anilines is 1. The van der Waals surface area contributed by atoms with Gasteiger partial charge in [-0.1, -0.05) is 36.5 Å². The Morgan fingerprint density at radius 2 is 1.81 bits per heavy atom. The summed E-state index contributed by atoms with van der Waals surface area (Å²) < 4.78 is 10.7. The maximum atomic E-state index is 13.0. The van der Waals surface area contributed by atoms with E-state index in [1.165, 1.54) is 23.5 Å². The van der Waals surface area contributed by atoms with Gasteiger partial charge in [-0.25, -0.2) is 0 Å². The highest BCUT2D eigenvalue weighted by molar-refractivity contribution is 7.17. The number of unbranched alkanes of at least 4 members (excludes halogenated alkanes) is 1. The Labute approximate surface area is 202 Å². The molecular formula is C23H28Cl2N2O4S. The first-order valence-electron chi connectivity index (χ1n) is 10.8. The number of amides is 2. The van der Waals surface area contributed by atoms with E-state index in [0.717, 1.165) is 49.0 Å². The molecule has 0 saturated heterocycles. The minimum Gasteiger partial charge on any atom is -0.490 e. The zero-order valence-electron chi connectivity index (χ0n) is 18.3. The summed E-state index contributed by atoms with van der Waals surface area (Å²) in [6, 6.07) is 3.08. The number of hydrogen-bond acceptors (Lipinski definition) is 5. The van der Waals surface area contributed by atoms with Crippen LogP contribution in [0, 0.1) is 0 Å². The summed E-state index contributed by atoms with van der Waals surface area (Å²) >= 11 is 14.1. The number of aryl methyl sites for hydroxylation is 1. The molecule has 1 aliphatic carbocycles. The van der Waals surface area contributed by atoms with E-state index >= 15 is 0 Å². The van der Waals surface area contributed by atoms with Crippen molar-refractivity contribution in [2.24, 2.45) is 0 Å². The molecule has 2 N–H and O–H groups in total. The number of fused-ring (bicyclic) bond motifs is 1. The summed E-state index contributed by atoms with van der Waals surface area (Å²) in [5.74, 6) is -0.200. The first-order chi connectivity index (χ1) is 15.5. The number of rotatable bonds is 10. The van der Waals surface area contributed by atoms with Gasteiger partial charge in [0.15, 0.2) is 5.75 Å². The molecule has 0 bridgehead atoms. The lowest BCUT2D eigenvalue weighted by Crippen LogP contribution is -2.28. The molecule has 0 atom stereocenters. The molecule has 0 unspecified atom stereocenters. The Kier molecular flexibility index (Phi) is 9.22. The van der Waals surface area contributed by atoms with Gasteiger partial charge in [0.25, 0.3) is 11.8 Å². The lowest BCUT2D eigenvalue weighted by atomic mass is 9.95. The molecule has 1 aliphatic rings. The number of nitrogens with one attached hydrogen (secondary N) is 2. The highest BCUT2D eigenvalue weighted by Gasteiger charge is 2.27. The van der Waals surface area contributed by atoms with Crippen LogP contribution >= 0.6 is 34.5 Å². The summed E-state index contributed by atoms with van der Waals surface area (Å²) in [6.07, 6.45) is 5.72. The van der Waals surface area contributed by atoms with Crippen molar-refractivity contribution in [1.29, 1.82) is 0 Å². The molecule has 1 aromatic carbocycles. The minimum atomic E-state index is -0.376. The van der Waals surface area contributed by atoms with Gasteiger partial charge in [0.1, 0.15) is 5.00 Å². The molecule has 0 saturated carbocycles. The third-order valence-electron chi connectivity index (χ3n) is 5.22. The molecule has 0 aliphatic heterocycles. The van der Waals surface area contributed by atoms with Crippen LogP contribution in [0.3, 0.4) is 0 Å². The molecular weight excluding hydrogens is 471 g/mol. The molecule has 2 amide bonds. The van der Waals surface area contributed by atoms with Crippen LogP contribution in [0.1, 0.15) is 63.8 Å². The molecule has 1 heterocycles. The van der Waals surface area contributed by atoms with Gasteiger partial charge in [0.2, 0.25) is 0 Å². The number of hydrogen-bond donors (Lipinski definition) is 2. The smallest absolute Gasteiger partial charge is 0.256 e. The van der Waals surface area contributed by atoms with Gasteiger partial charge in [-0.15, -0.1) is 11.3 Å². The fourth-order valence-corrected chi connectivity index (χ4v) is 5.45. The summed E-state index contributed by atoms with van der Waals surface area (Å²) in [7, 11) is 1.58. The van der Waals surface area contributed by atoms with E-state index in [1.807, 2.05) is 0 Å². The summed E-state index contributed by atoms with van der Waals surface area (Å²) in [5.41, 5.74) is 1.88. The van der Waals surface area contributed by atoms with Gasteiger partial charge in [-0.2, -0.15) is 0 Å². The lowest BCUT2D eigenvalue weighted by molar-refractivity contribution is 0.0937. The van der Waals surface area contributed by atoms with E-state index in [0.29, 0.717) is 41.6 Å². The van der Waals surface area contributed by atoms with Crippen LogP contribution < -0.4 is 15.4 Å². The molecule has 0 fully saturated rings. The Balaban J connectivity index is 1.83. The quantitative estimate of drug-likeness (QED) is 0.409. The maximum Gasteiger partial charge on any atom is 0.256 e. The molecule has 174 valence electrons. The van der Waals surface area contributed by atoms with Crippen LogP contribution in [-0.2, 0) is 17.6 Å². The van der Waals surface area contributed by atoms with Crippen LogP contribution in [0.2, 0.25) is 10.0 Å². The first kappa shape index (κ1) is 24.8. The van der Waals surface area contributed by atoms with Crippen molar-refractivity contribution in [3.05, 3.63) is 43.7 Å². The summed E-state index contributed by atoms with van der Waals surface area (Å²) in [5, 5.41) is 6.89. The lowest BCUT2D eigenvalue weighted by Gasteiger charge is -2.14. The van der Waals surface area contributed by atoms with Crippen molar-refractivity contribution >= 4 is 51.4 Å². The normalized spacial score (nSPS) is 12.9. The van der Waals surface area contributed by atoms with Crippen molar-refractivity contribution in [2.75, 3.05) is 32.2 Å². The molecule has 32 heavy (non-hydrogen) atoms. The molecule has 2 aromatic rings. The van der Waals surface area contributed by atoms with Gasteiger partial charge in [-0.05, 0) is 49.8 Å². The highest BCUT2D eigenvalue weighted by Crippen LogP contribution is 2.39. The standard InChI is InChI=1S/C23H28Cl2N2O4S/c1-3-4-10-31-20-16(24)12-14(13-17(20)25)21(28)27-23-19(22(29)26-9-11-30-2)15-7-5-6-8-18(15)32-23/h12-13H,3-11H2,1-2H3,(H,26,29)(H,27,28). The third-order valence-corrected chi connectivity index (χ3v) is 6.99. The van der Waals surface area contributed by atoms with E-state index in [4.69, 9.17) is 32.7 Å². The number of carbonyl (C=O) groups excluding carboxylic acids is 2. The van der Waals surface area contributed by atoms with Gasteiger partial charge >= 0.3 is 0 Å². The van der Waals surface area contributed by atoms with Crippen molar-refractivity contribution < 1.29 is 19.1 Å². The monoisotopic (exact) mass is 498 g/mol. The van der Waals surface area contributed by atoms with Crippen LogP contribution in [0.5, 0.6) is 5.75 Å². The van der Waals surface area contributed by atoms with Gasteiger partial charge in [-0.3, -0.25) is 9.59 Å². The number of methoxy groups -OCH3 is 1. The van der Waals surface area contributed by atoms with E-state index in [1.54, 1.807) is 7.11 Å². The van der Waals surface area contributed by atoms with Crippen LogP contribution in [-0.4, -0.2) is 38.7 Å². The predicted molar refractivity (Wildman–Crippen MR) is 130 cm³/mol. The van der Waals surface area contributed by atoms with Crippen LogP contribution in [0.4, 0.5) is 5.00 Å². The van der Waals surface area contributed by atoms with Crippen molar-refractivity contribution in [1.82, 2.24) is 5.32 Å². The molecule has 0 spiro atoms. The molecule has 9 heteroatoms. The van der Waals surface area contributed by atoms with Crippen LogP contribution in [0.15, 0.2) is 12.1 Å². The largest absolute Gasteiger partial charge is 0.490 e. The van der Waals surface area contributed by atoms with Gasteiger partial charge < -0.3 is 20.1 Å². The Morgan fingerprint density at radius 1 is 1.09 bits per heavy atom. The van der Waals surface area contributed by atoms with E-state index in [2.05, 4.69) is 17.6 Å². The molecule has 1 aromatic heterocycles. The summed E-state index contributed by atoms with van der Waals surface area (Å²) in [6.45, 7) is 3.39. The Morgan fingerprint density at radius 3 is 2.50 bits per heavy atom. The van der Waals surface area contributed by atoms with Gasteiger partial charge in [0, 0.05) is 24.1 Å². The van der Waals surface area contributed by atoms with E-state index in [-0.39, 0.29) is 21.9 Å². The maximum absolute atomic E-state index is 13.0. The highest BCUT2D eigenvalue weighted by atomic mass is 35.5. The van der Waals surface area contributed by atoms with Crippen molar-refractivity contribution in [2.45, 2.75) is 45.4 Å². The number of thiophene rings is 1. The van der Waals surface area contributed by atoms with E-state index < -0.39 is 0 Å². The third kappa shape index (κ3) is 5.95. The second kappa shape index (κ2) is 11.9. The van der Waals surface area contributed by atoms with Crippen LogP contribution in [0.25, 0.3) is 0 Å². The van der Waals surface area contributed by atoms with Crippen molar-refractivity contribution in [3.8, 4) is 5.75 Å². The number of halogens is 2. The number of ether oxygens (including phenoxy) is 2. The van der Waals surface area contributed by atoms with Crippen molar-refractivity contribution in [3.63, 3.8) is 0 Å². The number of carbonyl (C=O) groups is 2. The fraction of sp³-hybridized carbons (Fsp3) is 0.478. The Hall–Kier alpha value is -1.80. The second-order valence-corrected chi connectivity index (χ2v) is 9.51. The average molecular weight is 499 g/mol. The zero-order valence-corrected chi connectivity index (χ0v) is 20.6. The molecule has 0 radical (unpaired) electrons. The Bertz CT molecular complexity index is 954. The second-order valence-electron chi connectivity index (χ2n) is 7.59. The topological polar surface area (TPSA) is 76.7 Å². The minimum absolute atomic E-state index is 0.201. The predicted octanol–water partition coefficient (Wildman–Crippen LogP) is 5.74. The molecule has 6 nitrogen and oxygen atoms in total. The van der Waals surface area contributed by atoms with E-state index in [9.17, 15) is 9.59 Å². The van der Waals surface area contributed by atoms with Gasteiger partial charge in [0.05, 0.1) is 28.8 Å². The summed E-state index contributed by atoms with van der Waals surface area (Å²) in [4.78, 5) is 27.1. The first-order valence-corrected chi connectivity index (χ1v) is 12.4. The fourth-order valence-electron chi connectivity index (χ4n) is 3.57. The molecule has 3 rings (SSSR count). The SMILES string of the molecule is CCCCOc1c(Cl)cc(C(=O)Nc2sc3c(c2C(=O)NCCOC)CCCC3)cc1Cl. The zero-order chi connectivity index (χ0) is 23.1. The average Bonchev–Trinajstić information content (AvgIpc) is 3.13. The number of benzene rings is 1.